The average Bonchev–Trinajstić information content (AvgIpc) is 3.41. The van der Waals surface area contributed by atoms with Crippen molar-refractivity contribution >= 4 is 6.03 Å². The monoisotopic (exact) mass is 309 g/mol. The number of nitrogens with one attached hydrogen (secondary N) is 1. The highest BCUT2D eigenvalue weighted by Gasteiger charge is 2.44. The van der Waals surface area contributed by atoms with Gasteiger partial charge < -0.3 is 10.2 Å². The second-order valence-electron chi connectivity index (χ2n) is 6.37. The molecule has 0 unspecified atom stereocenters. The van der Waals surface area contributed by atoms with Crippen molar-refractivity contribution in [1.82, 2.24) is 15.2 Å². The van der Waals surface area contributed by atoms with Gasteiger partial charge in [0, 0.05) is 31.4 Å². The average molecular weight is 309 g/mol. The summed E-state index contributed by atoms with van der Waals surface area (Å²) in [5, 5.41) is 3.11. The van der Waals surface area contributed by atoms with E-state index in [1.165, 1.54) is 5.56 Å². The Bertz CT molecular complexity index is 653. The third-order valence-corrected chi connectivity index (χ3v) is 4.91. The first-order chi connectivity index (χ1) is 11.1. The summed E-state index contributed by atoms with van der Waals surface area (Å²) in [6, 6.07) is 14.3. The summed E-state index contributed by atoms with van der Waals surface area (Å²) < 4.78 is 0. The third-order valence-electron chi connectivity index (χ3n) is 4.91. The second-order valence-corrected chi connectivity index (χ2v) is 6.37. The lowest BCUT2D eigenvalue weighted by Crippen LogP contribution is -2.42. The van der Waals surface area contributed by atoms with Crippen LogP contribution in [0.3, 0.4) is 0 Å². The minimum Gasteiger partial charge on any atom is -0.337 e. The summed E-state index contributed by atoms with van der Waals surface area (Å²) in [5.74, 6) is 0. The summed E-state index contributed by atoms with van der Waals surface area (Å²) in [6.45, 7) is 2.72. The van der Waals surface area contributed by atoms with Gasteiger partial charge >= 0.3 is 6.03 Å². The van der Waals surface area contributed by atoms with Crippen molar-refractivity contribution in [2.45, 2.75) is 31.2 Å². The number of amides is 2. The molecule has 1 fully saturated rings. The molecule has 4 nitrogen and oxygen atoms in total. The van der Waals surface area contributed by atoms with Crippen molar-refractivity contribution in [3.63, 3.8) is 0 Å². The maximum atomic E-state index is 12.5. The van der Waals surface area contributed by atoms with E-state index in [1.54, 1.807) is 17.3 Å². The molecule has 2 aromatic rings. The molecule has 1 aliphatic carbocycles. The Kier molecular flexibility index (Phi) is 4.33. The van der Waals surface area contributed by atoms with Crippen molar-refractivity contribution in [1.29, 1.82) is 0 Å². The number of pyridine rings is 1. The van der Waals surface area contributed by atoms with Gasteiger partial charge in [-0.15, -0.1) is 0 Å². The van der Waals surface area contributed by atoms with Crippen molar-refractivity contribution in [3.05, 3.63) is 66.0 Å². The van der Waals surface area contributed by atoms with Crippen LogP contribution in [-0.2, 0) is 5.41 Å². The molecule has 120 valence electrons. The molecule has 1 atom stereocenters. The van der Waals surface area contributed by atoms with Crippen molar-refractivity contribution in [2.75, 3.05) is 13.6 Å². The number of hydrogen-bond donors (Lipinski definition) is 1. The van der Waals surface area contributed by atoms with Gasteiger partial charge in [-0.1, -0.05) is 30.3 Å². The van der Waals surface area contributed by atoms with E-state index in [4.69, 9.17) is 0 Å². The molecule has 1 heterocycles. The van der Waals surface area contributed by atoms with Crippen LogP contribution >= 0.6 is 0 Å². The van der Waals surface area contributed by atoms with Crippen LogP contribution < -0.4 is 5.32 Å². The zero-order valence-electron chi connectivity index (χ0n) is 13.7. The van der Waals surface area contributed by atoms with Gasteiger partial charge in [0.2, 0.25) is 0 Å². The van der Waals surface area contributed by atoms with Crippen molar-refractivity contribution in [3.8, 4) is 0 Å². The van der Waals surface area contributed by atoms with E-state index in [0.29, 0.717) is 6.54 Å². The zero-order valence-corrected chi connectivity index (χ0v) is 13.7. The van der Waals surface area contributed by atoms with Crippen LogP contribution in [0.25, 0.3) is 0 Å². The standard InChI is InChI=1S/C19H23N3O/c1-15(16-8-12-20-13-9-16)22(2)18(23)21-14-19(10-11-19)17-6-4-3-5-7-17/h3-9,12-13,15H,10-11,14H2,1-2H3,(H,21,23)/t15-/m0/s1. The number of carbonyl (C=O) groups is 1. The van der Waals surface area contributed by atoms with Crippen LogP contribution in [0.1, 0.15) is 36.9 Å². The fourth-order valence-electron chi connectivity index (χ4n) is 2.92. The van der Waals surface area contributed by atoms with Crippen LogP contribution in [0.4, 0.5) is 4.79 Å². The summed E-state index contributed by atoms with van der Waals surface area (Å²) in [4.78, 5) is 18.2. The Balaban J connectivity index is 1.59. The van der Waals surface area contributed by atoms with Crippen LogP contribution in [-0.4, -0.2) is 29.5 Å². The highest BCUT2D eigenvalue weighted by molar-refractivity contribution is 5.74. The van der Waals surface area contributed by atoms with E-state index in [1.807, 2.05) is 32.2 Å². The Morgan fingerprint density at radius 3 is 2.48 bits per heavy atom. The SMILES string of the molecule is C[C@@H](c1ccncc1)N(C)C(=O)NCC1(c2ccccc2)CC1. The first-order valence-corrected chi connectivity index (χ1v) is 8.08. The molecule has 3 rings (SSSR count). The molecule has 4 heteroatoms. The number of carbonyl (C=O) groups excluding carboxylic acids is 1. The van der Waals surface area contributed by atoms with Gasteiger partial charge in [0.15, 0.2) is 0 Å². The molecule has 1 aromatic heterocycles. The number of nitrogens with zero attached hydrogens (tertiary/aromatic N) is 2. The minimum absolute atomic E-state index is 0.0184. The maximum Gasteiger partial charge on any atom is 0.317 e. The Morgan fingerprint density at radius 1 is 1.22 bits per heavy atom. The molecule has 1 saturated carbocycles. The van der Waals surface area contributed by atoms with Crippen LogP contribution in [0.2, 0.25) is 0 Å². The molecule has 1 aromatic carbocycles. The fraction of sp³-hybridized carbons (Fsp3) is 0.368. The summed E-state index contributed by atoms with van der Waals surface area (Å²) in [5.41, 5.74) is 2.55. The molecule has 0 radical (unpaired) electrons. The lowest BCUT2D eigenvalue weighted by molar-refractivity contribution is 0.193. The van der Waals surface area contributed by atoms with E-state index in [2.05, 4.69) is 34.6 Å². The Morgan fingerprint density at radius 2 is 1.87 bits per heavy atom. The molecule has 1 aliphatic rings. The lowest BCUT2D eigenvalue weighted by Gasteiger charge is -2.27. The number of benzene rings is 1. The van der Waals surface area contributed by atoms with Crippen molar-refractivity contribution < 1.29 is 4.79 Å². The molecular weight excluding hydrogens is 286 g/mol. The molecule has 0 saturated heterocycles. The van der Waals surface area contributed by atoms with E-state index in [-0.39, 0.29) is 17.5 Å². The number of hydrogen-bond acceptors (Lipinski definition) is 2. The van der Waals surface area contributed by atoms with Gasteiger partial charge in [0.25, 0.3) is 0 Å². The van der Waals surface area contributed by atoms with E-state index in [9.17, 15) is 4.79 Å². The predicted molar refractivity (Wildman–Crippen MR) is 91.2 cm³/mol. The molecule has 0 spiro atoms. The Hall–Kier alpha value is -2.36. The van der Waals surface area contributed by atoms with Gasteiger partial charge in [0.05, 0.1) is 6.04 Å². The van der Waals surface area contributed by atoms with Crippen molar-refractivity contribution in [2.24, 2.45) is 0 Å². The van der Waals surface area contributed by atoms with Gasteiger partial charge in [-0.2, -0.15) is 0 Å². The van der Waals surface area contributed by atoms with E-state index >= 15 is 0 Å². The molecular formula is C19H23N3O. The highest BCUT2D eigenvalue weighted by Crippen LogP contribution is 2.47. The molecule has 0 bridgehead atoms. The van der Waals surface area contributed by atoms with E-state index in [0.717, 1.165) is 18.4 Å². The summed E-state index contributed by atoms with van der Waals surface area (Å²) in [7, 11) is 1.84. The largest absolute Gasteiger partial charge is 0.337 e. The van der Waals surface area contributed by atoms with Gasteiger partial charge in [-0.05, 0) is 43.0 Å². The van der Waals surface area contributed by atoms with Crippen LogP contribution in [0, 0.1) is 0 Å². The normalized spacial score (nSPS) is 16.4. The van der Waals surface area contributed by atoms with Crippen LogP contribution in [0.15, 0.2) is 54.9 Å². The quantitative estimate of drug-likeness (QED) is 0.918. The van der Waals surface area contributed by atoms with E-state index < -0.39 is 0 Å². The number of rotatable bonds is 5. The first-order valence-electron chi connectivity index (χ1n) is 8.08. The van der Waals surface area contributed by atoms with Gasteiger partial charge in [-0.25, -0.2) is 4.79 Å². The summed E-state index contributed by atoms with van der Waals surface area (Å²) >= 11 is 0. The fourth-order valence-corrected chi connectivity index (χ4v) is 2.92. The molecule has 23 heavy (non-hydrogen) atoms. The summed E-state index contributed by atoms with van der Waals surface area (Å²) in [6.07, 6.45) is 5.79. The first kappa shape index (κ1) is 15.5. The number of urea groups is 1. The third kappa shape index (κ3) is 3.36. The second kappa shape index (κ2) is 6.41. The topological polar surface area (TPSA) is 45.2 Å². The zero-order chi connectivity index (χ0) is 16.3. The lowest BCUT2D eigenvalue weighted by atomic mass is 9.96. The number of aromatic nitrogens is 1. The molecule has 1 N–H and O–H groups in total. The maximum absolute atomic E-state index is 12.5. The van der Waals surface area contributed by atoms with Gasteiger partial charge in [0.1, 0.15) is 0 Å². The highest BCUT2D eigenvalue weighted by atomic mass is 16.2. The molecule has 2 amide bonds. The minimum atomic E-state index is -0.0310. The Labute approximate surface area is 137 Å². The predicted octanol–water partition coefficient (Wildman–Crippen LogP) is 3.52. The van der Waals surface area contributed by atoms with Crippen LogP contribution in [0.5, 0.6) is 0 Å². The molecule has 0 aliphatic heterocycles. The van der Waals surface area contributed by atoms with Gasteiger partial charge in [-0.3, -0.25) is 4.98 Å². The smallest absolute Gasteiger partial charge is 0.317 e.